The minimum atomic E-state index is -0.591. The first-order chi connectivity index (χ1) is 14.9. The molecule has 0 aliphatic heterocycles. The van der Waals surface area contributed by atoms with Gasteiger partial charge in [0.1, 0.15) is 11.8 Å². The van der Waals surface area contributed by atoms with Crippen LogP contribution in [0.1, 0.15) is 44.6 Å². The van der Waals surface area contributed by atoms with Gasteiger partial charge in [0, 0.05) is 21.5 Å². The van der Waals surface area contributed by atoms with Gasteiger partial charge >= 0.3 is 0 Å². The Morgan fingerprint density at radius 1 is 1.00 bits per heavy atom. The van der Waals surface area contributed by atoms with Gasteiger partial charge in [0.05, 0.1) is 0 Å². The van der Waals surface area contributed by atoms with Crippen LogP contribution in [0.15, 0.2) is 57.5 Å². The number of rotatable bonds is 8. The number of carbonyl (C=O) groups excluding carboxylic acids is 2. The van der Waals surface area contributed by atoms with Crippen LogP contribution in [0.3, 0.4) is 0 Å². The molecular formula is C24H28Br2N2O3. The molecule has 1 fully saturated rings. The van der Waals surface area contributed by atoms with E-state index in [0.29, 0.717) is 12.3 Å². The quantitative estimate of drug-likeness (QED) is 0.474. The second-order valence-electron chi connectivity index (χ2n) is 7.91. The summed E-state index contributed by atoms with van der Waals surface area (Å²) in [4.78, 5) is 27.6. The SMILES string of the molecule is C[C@H](C(=O)NC1CCCCC1)N(Cc1ccc(Br)cc1)C(=O)COc1ccc(Br)cc1. The van der Waals surface area contributed by atoms with Gasteiger partial charge in [-0.2, -0.15) is 0 Å². The van der Waals surface area contributed by atoms with E-state index in [0.717, 1.165) is 40.2 Å². The van der Waals surface area contributed by atoms with Crippen LogP contribution in [0.4, 0.5) is 0 Å². The predicted molar refractivity (Wildman–Crippen MR) is 129 cm³/mol. The lowest BCUT2D eigenvalue weighted by molar-refractivity contribution is -0.142. The molecule has 166 valence electrons. The third-order valence-electron chi connectivity index (χ3n) is 5.56. The molecule has 2 aromatic carbocycles. The molecule has 2 amide bonds. The van der Waals surface area contributed by atoms with E-state index in [4.69, 9.17) is 4.74 Å². The summed E-state index contributed by atoms with van der Waals surface area (Å²) in [6, 6.07) is 14.7. The van der Waals surface area contributed by atoms with Gasteiger partial charge in [-0.15, -0.1) is 0 Å². The number of nitrogens with zero attached hydrogens (tertiary/aromatic N) is 1. The number of ether oxygens (including phenoxy) is 1. The van der Waals surface area contributed by atoms with Crippen LogP contribution in [-0.4, -0.2) is 35.4 Å². The number of benzene rings is 2. The van der Waals surface area contributed by atoms with Crippen LogP contribution < -0.4 is 10.1 Å². The van der Waals surface area contributed by atoms with Crippen LogP contribution in [0.25, 0.3) is 0 Å². The summed E-state index contributed by atoms with van der Waals surface area (Å²) >= 11 is 6.82. The monoisotopic (exact) mass is 550 g/mol. The summed E-state index contributed by atoms with van der Waals surface area (Å²) in [5, 5.41) is 3.14. The third kappa shape index (κ3) is 7.35. The second-order valence-corrected chi connectivity index (χ2v) is 9.74. The van der Waals surface area contributed by atoms with Crippen LogP contribution >= 0.6 is 31.9 Å². The summed E-state index contributed by atoms with van der Waals surface area (Å²) in [5.41, 5.74) is 0.956. The first-order valence-corrected chi connectivity index (χ1v) is 12.2. The topological polar surface area (TPSA) is 58.6 Å². The molecule has 2 aromatic rings. The molecule has 0 aromatic heterocycles. The first kappa shape index (κ1) is 23.8. The molecule has 0 spiro atoms. The van der Waals surface area contributed by atoms with Crippen molar-refractivity contribution in [1.82, 2.24) is 10.2 Å². The van der Waals surface area contributed by atoms with Crippen molar-refractivity contribution < 1.29 is 14.3 Å². The van der Waals surface area contributed by atoms with Gasteiger partial charge in [-0.3, -0.25) is 9.59 Å². The first-order valence-electron chi connectivity index (χ1n) is 10.6. The number of halogens is 2. The van der Waals surface area contributed by atoms with E-state index in [2.05, 4.69) is 37.2 Å². The standard InChI is InChI=1S/C24H28Br2N2O3/c1-17(24(30)27-21-5-3-2-4-6-21)28(15-18-7-9-19(25)10-8-18)23(29)16-31-22-13-11-20(26)12-14-22/h7-14,17,21H,2-6,15-16H2,1H3,(H,27,30)/t17-/m1/s1. The average molecular weight is 552 g/mol. The van der Waals surface area contributed by atoms with Crippen LogP contribution in [0, 0.1) is 0 Å². The van der Waals surface area contributed by atoms with Crippen LogP contribution in [-0.2, 0) is 16.1 Å². The zero-order valence-electron chi connectivity index (χ0n) is 17.7. The van der Waals surface area contributed by atoms with Crippen molar-refractivity contribution in [3.63, 3.8) is 0 Å². The lowest BCUT2D eigenvalue weighted by Gasteiger charge is -2.31. The Morgan fingerprint density at radius 2 is 1.58 bits per heavy atom. The maximum absolute atomic E-state index is 13.1. The number of amides is 2. The largest absolute Gasteiger partial charge is 0.484 e. The van der Waals surface area contributed by atoms with E-state index in [1.807, 2.05) is 36.4 Å². The smallest absolute Gasteiger partial charge is 0.261 e. The predicted octanol–water partition coefficient (Wildman–Crippen LogP) is 5.46. The van der Waals surface area contributed by atoms with Crippen molar-refractivity contribution in [2.24, 2.45) is 0 Å². The fourth-order valence-electron chi connectivity index (χ4n) is 3.70. The molecule has 0 unspecified atom stereocenters. The minimum Gasteiger partial charge on any atom is -0.484 e. The fourth-order valence-corrected chi connectivity index (χ4v) is 4.23. The maximum Gasteiger partial charge on any atom is 0.261 e. The molecule has 3 rings (SSSR count). The number of hydrogen-bond acceptors (Lipinski definition) is 3. The lowest BCUT2D eigenvalue weighted by Crippen LogP contribution is -2.51. The van der Waals surface area contributed by atoms with Gasteiger partial charge in [0.15, 0.2) is 6.61 Å². The van der Waals surface area contributed by atoms with E-state index in [9.17, 15) is 9.59 Å². The average Bonchev–Trinajstić information content (AvgIpc) is 2.78. The number of nitrogens with one attached hydrogen (secondary N) is 1. The maximum atomic E-state index is 13.1. The van der Waals surface area contributed by atoms with E-state index in [-0.39, 0.29) is 24.5 Å². The zero-order valence-corrected chi connectivity index (χ0v) is 20.8. The summed E-state index contributed by atoms with van der Waals surface area (Å²) in [6.45, 7) is 2.00. The summed E-state index contributed by atoms with van der Waals surface area (Å²) in [5.74, 6) is 0.276. The van der Waals surface area contributed by atoms with Crippen LogP contribution in [0.5, 0.6) is 5.75 Å². The van der Waals surface area contributed by atoms with Gasteiger partial charge in [-0.05, 0) is 61.7 Å². The van der Waals surface area contributed by atoms with E-state index >= 15 is 0 Å². The molecule has 1 atom stereocenters. The molecule has 0 bridgehead atoms. The third-order valence-corrected chi connectivity index (χ3v) is 6.62. The van der Waals surface area contributed by atoms with Gasteiger partial charge in [0.2, 0.25) is 5.91 Å². The molecule has 0 radical (unpaired) electrons. The Balaban J connectivity index is 1.69. The van der Waals surface area contributed by atoms with Crippen molar-refractivity contribution >= 4 is 43.7 Å². The Kier molecular flexibility index (Phi) is 8.96. The highest BCUT2D eigenvalue weighted by atomic mass is 79.9. The molecular weight excluding hydrogens is 524 g/mol. The molecule has 1 aliphatic carbocycles. The summed E-state index contributed by atoms with van der Waals surface area (Å²) in [7, 11) is 0. The van der Waals surface area contributed by atoms with Gasteiger partial charge in [-0.25, -0.2) is 0 Å². The van der Waals surface area contributed by atoms with Crippen molar-refractivity contribution in [2.45, 2.75) is 57.7 Å². The van der Waals surface area contributed by atoms with Crippen molar-refractivity contribution in [2.75, 3.05) is 6.61 Å². The van der Waals surface area contributed by atoms with E-state index in [1.54, 1.807) is 24.0 Å². The normalized spacial score (nSPS) is 15.2. The summed E-state index contributed by atoms with van der Waals surface area (Å²) < 4.78 is 7.60. The Morgan fingerprint density at radius 3 is 2.19 bits per heavy atom. The van der Waals surface area contributed by atoms with Gasteiger partial charge < -0.3 is 15.0 Å². The highest BCUT2D eigenvalue weighted by Gasteiger charge is 2.28. The molecule has 1 aliphatic rings. The molecule has 0 heterocycles. The molecule has 5 nitrogen and oxygen atoms in total. The fraction of sp³-hybridized carbons (Fsp3) is 0.417. The van der Waals surface area contributed by atoms with Gasteiger partial charge in [0.25, 0.3) is 5.91 Å². The molecule has 31 heavy (non-hydrogen) atoms. The molecule has 7 heteroatoms. The van der Waals surface area contributed by atoms with Gasteiger partial charge in [-0.1, -0.05) is 63.3 Å². The number of carbonyl (C=O) groups is 2. The zero-order chi connectivity index (χ0) is 22.2. The Hall–Kier alpha value is -1.86. The molecule has 1 saturated carbocycles. The minimum absolute atomic E-state index is 0.110. The van der Waals surface area contributed by atoms with Crippen molar-refractivity contribution in [3.8, 4) is 5.75 Å². The van der Waals surface area contributed by atoms with Crippen LogP contribution in [0.2, 0.25) is 0 Å². The van der Waals surface area contributed by atoms with E-state index in [1.165, 1.54) is 6.42 Å². The van der Waals surface area contributed by atoms with Crippen molar-refractivity contribution in [1.29, 1.82) is 0 Å². The highest BCUT2D eigenvalue weighted by molar-refractivity contribution is 9.10. The Labute approximate surface area is 200 Å². The Bertz CT molecular complexity index is 865. The summed E-state index contributed by atoms with van der Waals surface area (Å²) in [6.07, 6.45) is 5.52. The lowest BCUT2D eigenvalue weighted by atomic mass is 9.95. The molecule has 0 saturated heterocycles. The van der Waals surface area contributed by atoms with E-state index < -0.39 is 6.04 Å². The second kappa shape index (κ2) is 11.7. The molecule has 1 N–H and O–H groups in total. The number of hydrogen-bond donors (Lipinski definition) is 1. The highest BCUT2D eigenvalue weighted by Crippen LogP contribution is 2.20. The van der Waals surface area contributed by atoms with Crippen molar-refractivity contribution in [3.05, 3.63) is 63.0 Å².